The lowest BCUT2D eigenvalue weighted by molar-refractivity contribution is 0.0179. The van der Waals surface area contributed by atoms with Crippen LogP contribution in [0.3, 0.4) is 0 Å². The molecule has 0 bridgehead atoms. The number of hydrogen-bond acceptors (Lipinski definition) is 3. The van der Waals surface area contributed by atoms with Crippen LogP contribution in [0.5, 0.6) is 0 Å². The maximum absolute atomic E-state index is 12.8. The van der Waals surface area contributed by atoms with Crippen molar-refractivity contribution in [3.8, 4) is 0 Å². The molecule has 1 saturated heterocycles. The van der Waals surface area contributed by atoms with E-state index >= 15 is 0 Å². The Bertz CT molecular complexity index is 328. The quantitative estimate of drug-likeness (QED) is 0.897. The molecule has 5 heteroatoms. The van der Waals surface area contributed by atoms with Crippen LogP contribution in [0, 0.1) is 5.82 Å². The van der Waals surface area contributed by atoms with Gasteiger partial charge in [0, 0.05) is 25.7 Å². The molecule has 0 amide bonds. The van der Waals surface area contributed by atoms with E-state index in [4.69, 9.17) is 10.5 Å². The highest BCUT2D eigenvalue weighted by molar-refractivity contribution is 5.85. The average Bonchev–Trinajstić information content (AvgIpc) is 2.34. The lowest BCUT2D eigenvalue weighted by atomic mass is 10.0. The molecule has 3 nitrogen and oxygen atoms in total. The minimum Gasteiger partial charge on any atom is -0.379 e. The molecule has 0 radical (unpaired) electrons. The largest absolute Gasteiger partial charge is 0.379 e. The molecule has 1 aliphatic heterocycles. The highest BCUT2D eigenvalue weighted by atomic mass is 35.5. The first kappa shape index (κ1) is 14.4. The molecule has 0 spiro atoms. The number of halogens is 2. The summed E-state index contributed by atoms with van der Waals surface area (Å²) in [5.41, 5.74) is 6.87. The number of benzene rings is 1. The van der Waals surface area contributed by atoms with Gasteiger partial charge in [-0.1, -0.05) is 12.1 Å². The summed E-state index contributed by atoms with van der Waals surface area (Å²) in [6.07, 6.45) is 0. The Hall–Kier alpha value is -0.680. The van der Waals surface area contributed by atoms with E-state index in [1.54, 1.807) is 0 Å². The lowest BCUT2D eigenvalue weighted by Gasteiger charge is -2.34. The molecule has 1 fully saturated rings. The van der Waals surface area contributed by atoms with Crippen LogP contribution < -0.4 is 5.73 Å². The third kappa shape index (κ3) is 3.64. The summed E-state index contributed by atoms with van der Waals surface area (Å²) in [5.74, 6) is -0.207. The number of nitrogens with two attached hydrogens (primary N) is 1. The van der Waals surface area contributed by atoms with E-state index in [0.717, 1.165) is 31.9 Å². The predicted octanol–water partition coefficient (Wildman–Crippen LogP) is 1.58. The summed E-state index contributed by atoms with van der Waals surface area (Å²) >= 11 is 0. The fourth-order valence-electron chi connectivity index (χ4n) is 2.07. The molecule has 96 valence electrons. The summed E-state index contributed by atoms with van der Waals surface area (Å²) < 4.78 is 18.1. The van der Waals surface area contributed by atoms with Gasteiger partial charge in [0.15, 0.2) is 0 Å². The van der Waals surface area contributed by atoms with E-state index < -0.39 is 0 Å². The molecule has 2 rings (SSSR count). The van der Waals surface area contributed by atoms with Gasteiger partial charge in [0.05, 0.1) is 13.2 Å². The zero-order valence-corrected chi connectivity index (χ0v) is 10.5. The fraction of sp³-hybridized carbons (Fsp3) is 0.500. The topological polar surface area (TPSA) is 38.5 Å². The van der Waals surface area contributed by atoms with Crippen LogP contribution in [0.15, 0.2) is 24.3 Å². The Morgan fingerprint density at radius 1 is 1.24 bits per heavy atom. The second kappa shape index (κ2) is 6.91. The molecule has 0 saturated carbocycles. The van der Waals surface area contributed by atoms with Crippen molar-refractivity contribution in [1.82, 2.24) is 4.90 Å². The normalized spacial score (nSPS) is 18.5. The summed E-state index contributed by atoms with van der Waals surface area (Å²) in [5, 5.41) is 0. The maximum atomic E-state index is 12.8. The number of rotatable bonds is 3. The van der Waals surface area contributed by atoms with Crippen molar-refractivity contribution in [3.05, 3.63) is 35.6 Å². The molecule has 1 atom stereocenters. The van der Waals surface area contributed by atoms with Crippen molar-refractivity contribution < 1.29 is 9.13 Å². The first-order chi connectivity index (χ1) is 7.81. The van der Waals surface area contributed by atoms with Crippen LogP contribution in [-0.4, -0.2) is 37.7 Å². The Morgan fingerprint density at radius 2 is 1.82 bits per heavy atom. The molecule has 1 heterocycles. The Kier molecular flexibility index (Phi) is 5.85. The van der Waals surface area contributed by atoms with Gasteiger partial charge < -0.3 is 10.5 Å². The van der Waals surface area contributed by atoms with E-state index in [2.05, 4.69) is 4.90 Å². The lowest BCUT2D eigenvalue weighted by Crippen LogP contribution is -2.41. The van der Waals surface area contributed by atoms with Gasteiger partial charge in [0.25, 0.3) is 0 Å². The zero-order valence-electron chi connectivity index (χ0n) is 9.64. The first-order valence-electron chi connectivity index (χ1n) is 5.58. The molecule has 1 unspecified atom stereocenters. The van der Waals surface area contributed by atoms with Gasteiger partial charge in [-0.3, -0.25) is 4.90 Å². The molecular formula is C12H18ClFN2O. The van der Waals surface area contributed by atoms with Gasteiger partial charge in [-0.15, -0.1) is 12.4 Å². The Balaban J connectivity index is 0.00000144. The third-order valence-corrected chi connectivity index (χ3v) is 2.96. The summed E-state index contributed by atoms with van der Waals surface area (Å²) in [4.78, 5) is 2.29. The molecule has 0 aromatic heterocycles. The van der Waals surface area contributed by atoms with Gasteiger partial charge in [-0.2, -0.15) is 0 Å². The Morgan fingerprint density at radius 3 is 2.35 bits per heavy atom. The molecule has 1 aliphatic rings. The van der Waals surface area contributed by atoms with Crippen LogP contribution in [0.2, 0.25) is 0 Å². The van der Waals surface area contributed by atoms with Crippen LogP contribution in [0.1, 0.15) is 11.6 Å². The van der Waals surface area contributed by atoms with E-state index in [-0.39, 0.29) is 24.3 Å². The zero-order chi connectivity index (χ0) is 11.4. The number of ether oxygens (including phenoxy) is 1. The second-order valence-corrected chi connectivity index (χ2v) is 3.95. The van der Waals surface area contributed by atoms with Crippen LogP contribution in [0.25, 0.3) is 0 Å². The Labute approximate surface area is 107 Å². The van der Waals surface area contributed by atoms with E-state index in [1.807, 2.05) is 12.1 Å². The van der Waals surface area contributed by atoms with Gasteiger partial charge in [-0.05, 0) is 17.7 Å². The number of hydrogen-bond donors (Lipinski definition) is 1. The summed E-state index contributed by atoms with van der Waals surface area (Å²) in [6.45, 7) is 3.82. The van der Waals surface area contributed by atoms with Crippen molar-refractivity contribution >= 4 is 12.4 Å². The van der Waals surface area contributed by atoms with E-state index in [0.29, 0.717) is 6.54 Å². The van der Waals surface area contributed by atoms with E-state index in [9.17, 15) is 4.39 Å². The number of morpholine rings is 1. The minimum absolute atomic E-state index is 0. The number of nitrogens with zero attached hydrogens (tertiary/aromatic N) is 1. The monoisotopic (exact) mass is 260 g/mol. The van der Waals surface area contributed by atoms with Gasteiger partial charge in [0.1, 0.15) is 5.82 Å². The van der Waals surface area contributed by atoms with E-state index in [1.165, 1.54) is 12.1 Å². The van der Waals surface area contributed by atoms with Gasteiger partial charge in [0.2, 0.25) is 0 Å². The van der Waals surface area contributed by atoms with Crippen molar-refractivity contribution in [1.29, 1.82) is 0 Å². The molecule has 1 aromatic carbocycles. The standard InChI is InChI=1S/C12H17FN2O.ClH/c13-11-3-1-10(2-4-11)12(9-14)15-5-7-16-8-6-15;/h1-4,12H,5-9,14H2;1H. The molecule has 2 N–H and O–H groups in total. The molecular weight excluding hydrogens is 243 g/mol. The molecule has 1 aromatic rings. The SMILES string of the molecule is Cl.NCC(c1ccc(F)cc1)N1CCOCC1. The minimum atomic E-state index is -0.207. The van der Waals surface area contributed by atoms with Crippen LogP contribution >= 0.6 is 12.4 Å². The molecule has 0 aliphatic carbocycles. The van der Waals surface area contributed by atoms with Gasteiger partial charge in [-0.25, -0.2) is 4.39 Å². The smallest absolute Gasteiger partial charge is 0.123 e. The summed E-state index contributed by atoms with van der Waals surface area (Å²) in [7, 11) is 0. The van der Waals surface area contributed by atoms with Crippen molar-refractivity contribution in [3.63, 3.8) is 0 Å². The highest BCUT2D eigenvalue weighted by Crippen LogP contribution is 2.20. The van der Waals surface area contributed by atoms with Crippen LogP contribution in [-0.2, 0) is 4.74 Å². The van der Waals surface area contributed by atoms with Crippen molar-refractivity contribution in [2.75, 3.05) is 32.8 Å². The highest BCUT2D eigenvalue weighted by Gasteiger charge is 2.20. The average molecular weight is 261 g/mol. The van der Waals surface area contributed by atoms with Crippen molar-refractivity contribution in [2.24, 2.45) is 5.73 Å². The van der Waals surface area contributed by atoms with Crippen LogP contribution in [0.4, 0.5) is 4.39 Å². The van der Waals surface area contributed by atoms with Gasteiger partial charge >= 0.3 is 0 Å². The molecule has 17 heavy (non-hydrogen) atoms. The fourth-order valence-corrected chi connectivity index (χ4v) is 2.07. The maximum Gasteiger partial charge on any atom is 0.123 e. The summed E-state index contributed by atoms with van der Waals surface area (Å²) in [6, 6.07) is 6.76. The first-order valence-corrected chi connectivity index (χ1v) is 5.58. The van der Waals surface area contributed by atoms with Crippen molar-refractivity contribution in [2.45, 2.75) is 6.04 Å². The predicted molar refractivity (Wildman–Crippen MR) is 67.8 cm³/mol. The second-order valence-electron chi connectivity index (χ2n) is 3.95. The third-order valence-electron chi connectivity index (χ3n) is 2.96.